The molecular weight excluding hydrogens is 465 g/mol. The van der Waals surface area contributed by atoms with E-state index in [1.165, 1.54) is 25.7 Å². The van der Waals surface area contributed by atoms with Crippen LogP contribution in [0.1, 0.15) is 25.8 Å². The van der Waals surface area contributed by atoms with Gasteiger partial charge in [0.15, 0.2) is 6.23 Å². The van der Waals surface area contributed by atoms with Gasteiger partial charge in [-0.2, -0.15) is 10.1 Å². The first-order valence-corrected chi connectivity index (χ1v) is 12.3. The van der Waals surface area contributed by atoms with Crippen LogP contribution < -0.4 is 15.3 Å². The van der Waals surface area contributed by atoms with Crippen molar-refractivity contribution in [3.05, 3.63) is 58.8 Å². The summed E-state index contributed by atoms with van der Waals surface area (Å²) in [5.74, 6) is -0.566. The zero-order valence-electron chi connectivity index (χ0n) is 19.7. The maximum atomic E-state index is 13.6. The second-order valence-corrected chi connectivity index (χ2v) is 9.65. The van der Waals surface area contributed by atoms with Crippen LogP contribution in [0, 0.1) is 12.8 Å². The number of esters is 1. The highest BCUT2D eigenvalue weighted by Gasteiger charge is 2.45. The molecule has 1 saturated heterocycles. The number of benzene rings is 1. The molecule has 0 aliphatic carbocycles. The Kier molecular flexibility index (Phi) is 8.62. The van der Waals surface area contributed by atoms with E-state index in [1.54, 1.807) is 49.5 Å². The number of nitrogens with one attached hydrogen (secondary N) is 1. The second kappa shape index (κ2) is 11.2. The number of para-hydroxylation sites is 1. The van der Waals surface area contributed by atoms with Gasteiger partial charge in [0.1, 0.15) is 17.9 Å². The predicted molar refractivity (Wildman–Crippen MR) is 122 cm³/mol. The zero-order valence-corrected chi connectivity index (χ0v) is 20.6. The maximum absolute atomic E-state index is 13.6. The van der Waals surface area contributed by atoms with Gasteiger partial charge in [0, 0.05) is 24.9 Å². The minimum Gasteiger partial charge on any atom is -0.468 e. The number of carbonyl (C=O) groups excluding carboxylic acids is 1. The summed E-state index contributed by atoms with van der Waals surface area (Å²) in [7, 11) is -1.28. The molecular formula is C22H30N3O8P. The van der Waals surface area contributed by atoms with E-state index in [4.69, 9.17) is 23.3 Å². The van der Waals surface area contributed by atoms with Crippen molar-refractivity contribution < 1.29 is 32.6 Å². The Bertz CT molecular complexity index is 1080. The molecule has 186 valence electrons. The normalized spacial score (nSPS) is 24.9. The average Bonchev–Trinajstić information content (AvgIpc) is 3.12. The summed E-state index contributed by atoms with van der Waals surface area (Å²) in [6.07, 6.45) is -0.218. The molecule has 3 rings (SSSR count). The van der Waals surface area contributed by atoms with Crippen LogP contribution in [0.25, 0.3) is 0 Å². The van der Waals surface area contributed by atoms with Crippen molar-refractivity contribution in [2.75, 3.05) is 20.8 Å². The molecule has 0 saturated carbocycles. The first-order chi connectivity index (χ1) is 16.2. The van der Waals surface area contributed by atoms with Gasteiger partial charge < -0.3 is 18.7 Å². The van der Waals surface area contributed by atoms with Gasteiger partial charge in [0.2, 0.25) is 0 Å². The van der Waals surface area contributed by atoms with Gasteiger partial charge in [-0.15, -0.1) is 0 Å². The summed E-state index contributed by atoms with van der Waals surface area (Å²) < 4.78 is 42.6. The lowest BCUT2D eigenvalue weighted by molar-refractivity contribution is -0.142. The molecule has 11 nitrogen and oxygen atoms in total. The van der Waals surface area contributed by atoms with Gasteiger partial charge in [-0.1, -0.05) is 25.1 Å². The second-order valence-electron chi connectivity index (χ2n) is 7.95. The topological polar surface area (TPSA) is 127 Å². The Labute approximate surface area is 197 Å². The number of ether oxygens (including phenoxy) is 3. The number of aromatic nitrogens is 2. The summed E-state index contributed by atoms with van der Waals surface area (Å²) in [5.41, 5.74) is 0.124. The molecule has 1 aliphatic heterocycles. The lowest BCUT2D eigenvalue weighted by Crippen LogP contribution is -2.35. The molecule has 1 aromatic carbocycles. The number of rotatable bonds is 10. The number of carbonyl (C=O) groups is 1. The van der Waals surface area contributed by atoms with Crippen LogP contribution >= 0.6 is 7.75 Å². The van der Waals surface area contributed by atoms with Crippen molar-refractivity contribution in [1.29, 1.82) is 0 Å². The van der Waals surface area contributed by atoms with E-state index in [1.807, 2.05) is 6.92 Å². The van der Waals surface area contributed by atoms with Gasteiger partial charge in [-0.05, 0) is 32.0 Å². The van der Waals surface area contributed by atoms with Crippen molar-refractivity contribution in [2.24, 2.45) is 5.92 Å². The predicted octanol–water partition coefficient (Wildman–Crippen LogP) is 2.46. The molecule has 2 aromatic rings. The molecule has 1 aliphatic rings. The minimum atomic E-state index is -4.03. The van der Waals surface area contributed by atoms with E-state index in [0.717, 1.165) is 0 Å². The SMILES string of the molecule is COC(=O)C(C)NP(=O)(OCC1OC(n2ccc(C)nc2=O)C(OC)C1C)Oc1ccccc1. The van der Waals surface area contributed by atoms with Gasteiger partial charge in [0.05, 0.1) is 19.8 Å². The smallest absolute Gasteiger partial charge is 0.459 e. The molecule has 0 bridgehead atoms. The van der Waals surface area contributed by atoms with Crippen LogP contribution in [0.15, 0.2) is 47.4 Å². The first-order valence-electron chi connectivity index (χ1n) is 10.8. The molecule has 12 heteroatoms. The fourth-order valence-corrected chi connectivity index (χ4v) is 5.14. The molecule has 6 unspecified atom stereocenters. The van der Waals surface area contributed by atoms with E-state index < -0.39 is 43.9 Å². The Morgan fingerprint density at radius 1 is 1.26 bits per heavy atom. The highest BCUT2D eigenvalue weighted by molar-refractivity contribution is 7.52. The van der Waals surface area contributed by atoms with E-state index >= 15 is 0 Å². The summed E-state index contributed by atoms with van der Waals surface area (Å²) in [6, 6.07) is 9.18. The highest BCUT2D eigenvalue weighted by Crippen LogP contribution is 2.46. The Morgan fingerprint density at radius 3 is 2.59 bits per heavy atom. The fourth-order valence-electron chi connectivity index (χ4n) is 3.64. The van der Waals surface area contributed by atoms with Crippen LogP contribution in [0.4, 0.5) is 0 Å². The molecule has 34 heavy (non-hydrogen) atoms. The highest BCUT2D eigenvalue weighted by atomic mass is 31.2. The molecule has 0 amide bonds. The van der Waals surface area contributed by atoms with Crippen molar-refractivity contribution in [3.8, 4) is 5.75 Å². The summed E-state index contributed by atoms with van der Waals surface area (Å²) >= 11 is 0. The third-order valence-electron chi connectivity index (χ3n) is 5.50. The zero-order chi connectivity index (χ0) is 24.9. The van der Waals surface area contributed by atoms with Gasteiger partial charge in [-0.25, -0.2) is 9.36 Å². The summed E-state index contributed by atoms with van der Waals surface area (Å²) in [4.78, 5) is 28.2. The molecule has 1 fully saturated rings. The van der Waals surface area contributed by atoms with Crippen LogP contribution in [0.2, 0.25) is 0 Å². The number of nitrogens with zero attached hydrogens (tertiary/aromatic N) is 2. The number of hydrogen-bond donors (Lipinski definition) is 1. The molecule has 2 heterocycles. The van der Waals surface area contributed by atoms with E-state index in [-0.39, 0.29) is 12.5 Å². The number of hydrogen-bond acceptors (Lipinski definition) is 9. The lowest BCUT2D eigenvalue weighted by atomic mass is 10.0. The van der Waals surface area contributed by atoms with Crippen LogP contribution in [0.3, 0.4) is 0 Å². The fraction of sp³-hybridized carbons (Fsp3) is 0.500. The lowest BCUT2D eigenvalue weighted by Gasteiger charge is -2.24. The quantitative estimate of drug-likeness (QED) is 0.388. The van der Waals surface area contributed by atoms with Gasteiger partial charge >= 0.3 is 19.4 Å². The minimum absolute atomic E-state index is 0.156. The average molecular weight is 495 g/mol. The summed E-state index contributed by atoms with van der Waals surface area (Å²) in [5, 5.41) is 2.60. The van der Waals surface area contributed by atoms with Gasteiger partial charge in [0.25, 0.3) is 0 Å². The third-order valence-corrected chi connectivity index (χ3v) is 7.14. The van der Waals surface area contributed by atoms with E-state index in [2.05, 4.69) is 10.1 Å². The molecule has 6 atom stereocenters. The number of methoxy groups -OCH3 is 2. The maximum Gasteiger partial charge on any atom is 0.459 e. The first kappa shape index (κ1) is 26.1. The summed E-state index contributed by atoms with van der Waals surface area (Å²) in [6.45, 7) is 4.93. The van der Waals surface area contributed by atoms with E-state index in [0.29, 0.717) is 11.4 Å². The third kappa shape index (κ3) is 6.11. The number of aryl methyl sites for hydroxylation is 1. The van der Waals surface area contributed by atoms with Crippen LogP contribution in [-0.2, 0) is 28.1 Å². The molecule has 1 N–H and O–H groups in total. The van der Waals surface area contributed by atoms with Gasteiger partial charge in [-0.3, -0.25) is 13.9 Å². The van der Waals surface area contributed by atoms with Crippen molar-refractivity contribution in [3.63, 3.8) is 0 Å². The Balaban J connectivity index is 1.78. The molecule has 1 aromatic heterocycles. The van der Waals surface area contributed by atoms with E-state index in [9.17, 15) is 14.2 Å². The standard InChI is InChI=1S/C22H30N3O8P/c1-14-11-12-25(22(27)23-14)20-19(29-4)15(2)18(32-20)13-31-34(28,24-16(3)21(26)30-5)33-17-9-7-6-8-10-17/h6-12,15-16,18-20H,13H2,1-5H3,(H,24,28). The molecule has 0 spiro atoms. The Morgan fingerprint density at radius 2 is 1.97 bits per heavy atom. The van der Waals surface area contributed by atoms with Crippen LogP contribution in [-0.4, -0.2) is 54.6 Å². The Hall–Kier alpha value is -2.56. The largest absolute Gasteiger partial charge is 0.468 e. The van der Waals surface area contributed by atoms with Crippen LogP contribution in [0.5, 0.6) is 5.75 Å². The van der Waals surface area contributed by atoms with Crippen molar-refractivity contribution >= 4 is 13.7 Å². The van der Waals surface area contributed by atoms with Crippen molar-refractivity contribution in [2.45, 2.75) is 45.2 Å². The van der Waals surface area contributed by atoms with Crippen molar-refractivity contribution in [1.82, 2.24) is 14.6 Å². The monoisotopic (exact) mass is 495 g/mol. The molecule has 0 radical (unpaired) electrons.